The molecule has 0 saturated carbocycles. The fourth-order valence-corrected chi connectivity index (χ4v) is 2.68. The molecule has 2 aromatic carbocycles. The minimum Gasteiger partial charge on any atom is -0.350 e. The van der Waals surface area contributed by atoms with Gasteiger partial charge in [0.05, 0.1) is 0 Å². The molecule has 0 saturated heterocycles. The van der Waals surface area contributed by atoms with Crippen molar-refractivity contribution in [1.82, 2.24) is 9.97 Å². The number of anilines is 2. The molecule has 3 aromatic rings. The maximum absolute atomic E-state index is 12.6. The summed E-state index contributed by atoms with van der Waals surface area (Å²) < 4.78 is 0. The van der Waals surface area contributed by atoms with Gasteiger partial charge < -0.3 is 10.6 Å². The summed E-state index contributed by atoms with van der Waals surface area (Å²) in [6.45, 7) is 6.45. The highest BCUT2D eigenvalue weighted by Crippen LogP contribution is 2.17. The van der Waals surface area contributed by atoms with Crippen LogP contribution < -0.4 is 10.6 Å². The lowest BCUT2D eigenvalue weighted by molar-refractivity contribution is 0.102. The molecule has 3 rings (SSSR count). The van der Waals surface area contributed by atoms with Crippen molar-refractivity contribution in [3.8, 4) is 0 Å². The molecule has 132 valence electrons. The molecule has 0 aliphatic heterocycles. The Morgan fingerprint density at radius 2 is 1.73 bits per heavy atom. The highest BCUT2D eigenvalue weighted by molar-refractivity contribution is 6.03. The molecule has 0 aliphatic rings. The second-order valence-corrected chi connectivity index (χ2v) is 6.33. The summed E-state index contributed by atoms with van der Waals surface area (Å²) in [5.41, 5.74) is 5.17. The van der Waals surface area contributed by atoms with Crippen LogP contribution in [0, 0.1) is 20.8 Å². The third-order valence-electron chi connectivity index (χ3n) is 4.01. The van der Waals surface area contributed by atoms with E-state index < -0.39 is 0 Å². The molecule has 2 N–H and O–H groups in total. The smallest absolute Gasteiger partial charge is 0.274 e. The van der Waals surface area contributed by atoms with E-state index in [1.165, 1.54) is 0 Å². The summed E-state index contributed by atoms with van der Waals surface area (Å²) in [4.78, 5) is 21.3. The van der Waals surface area contributed by atoms with Gasteiger partial charge in [-0.05, 0) is 44.0 Å². The first-order chi connectivity index (χ1) is 12.5. The van der Waals surface area contributed by atoms with E-state index in [0.717, 1.165) is 28.1 Å². The summed E-state index contributed by atoms with van der Waals surface area (Å²) >= 11 is 0. The number of hydrogen-bond donors (Lipinski definition) is 2. The molecule has 0 radical (unpaired) electrons. The highest BCUT2D eigenvalue weighted by Gasteiger charge is 2.12. The van der Waals surface area contributed by atoms with Crippen LogP contribution in [0.25, 0.3) is 0 Å². The van der Waals surface area contributed by atoms with Crippen LogP contribution in [-0.2, 0) is 6.54 Å². The number of carbonyl (C=O) groups excluding carboxylic acids is 1. The largest absolute Gasteiger partial charge is 0.350 e. The maximum atomic E-state index is 12.6. The molecular weight excluding hydrogens is 324 g/mol. The fourth-order valence-electron chi connectivity index (χ4n) is 2.68. The molecule has 5 nitrogen and oxygen atoms in total. The number of hydrogen-bond acceptors (Lipinski definition) is 4. The van der Waals surface area contributed by atoms with Gasteiger partial charge in [0.15, 0.2) is 0 Å². The lowest BCUT2D eigenvalue weighted by Gasteiger charge is -2.11. The standard InChI is InChI=1S/C21H22N4O/c1-14-9-10-18(15(2)11-14)24-20(26)19-12-16(3)23-21(25-19)22-13-17-7-5-4-6-8-17/h4-12H,13H2,1-3H3,(H,24,26)(H,22,23,25). The number of aromatic nitrogens is 2. The number of carbonyl (C=O) groups is 1. The zero-order chi connectivity index (χ0) is 18.5. The third kappa shape index (κ3) is 4.45. The van der Waals surface area contributed by atoms with E-state index in [4.69, 9.17) is 0 Å². The summed E-state index contributed by atoms with van der Waals surface area (Å²) in [7, 11) is 0. The van der Waals surface area contributed by atoms with Crippen LogP contribution in [0.15, 0.2) is 54.6 Å². The molecule has 0 unspecified atom stereocenters. The van der Waals surface area contributed by atoms with Crippen molar-refractivity contribution in [2.45, 2.75) is 27.3 Å². The molecule has 0 fully saturated rings. The van der Waals surface area contributed by atoms with Gasteiger partial charge in [0.25, 0.3) is 5.91 Å². The van der Waals surface area contributed by atoms with Crippen molar-refractivity contribution in [3.05, 3.63) is 82.7 Å². The predicted molar refractivity (Wildman–Crippen MR) is 104 cm³/mol. The topological polar surface area (TPSA) is 66.9 Å². The molecule has 5 heteroatoms. The zero-order valence-electron chi connectivity index (χ0n) is 15.2. The monoisotopic (exact) mass is 346 g/mol. The van der Waals surface area contributed by atoms with Crippen LogP contribution in [-0.4, -0.2) is 15.9 Å². The summed E-state index contributed by atoms with van der Waals surface area (Å²) in [6, 6.07) is 17.6. The van der Waals surface area contributed by atoms with Crippen LogP contribution >= 0.6 is 0 Å². The Hall–Kier alpha value is -3.21. The number of rotatable bonds is 5. The van der Waals surface area contributed by atoms with E-state index in [1.807, 2.05) is 69.3 Å². The number of amides is 1. The van der Waals surface area contributed by atoms with Crippen molar-refractivity contribution in [3.63, 3.8) is 0 Å². The Morgan fingerprint density at radius 3 is 2.46 bits per heavy atom. The Kier molecular flexibility index (Phi) is 5.27. The van der Waals surface area contributed by atoms with E-state index in [0.29, 0.717) is 18.2 Å². The van der Waals surface area contributed by atoms with Gasteiger partial charge in [0.2, 0.25) is 5.95 Å². The molecule has 0 spiro atoms. The van der Waals surface area contributed by atoms with Gasteiger partial charge in [-0.3, -0.25) is 4.79 Å². The SMILES string of the molecule is Cc1ccc(NC(=O)c2cc(C)nc(NCc3ccccc3)n2)c(C)c1. The first-order valence-electron chi connectivity index (χ1n) is 8.53. The van der Waals surface area contributed by atoms with Crippen LogP contribution in [0.3, 0.4) is 0 Å². The van der Waals surface area contributed by atoms with Crippen LogP contribution in [0.4, 0.5) is 11.6 Å². The van der Waals surface area contributed by atoms with E-state index in [9.17, 15) is 4.79 Å². The average Bonchev–Trinajstić information content (AvgIpc) is 2.63. The average molecular weight is 346 g/mol. The second-order valence-electron chi connectivity index (χ2n) is 6.33. The molecule has 0 aliphatic carbocycles. The first-order valence-corrected chi connectivity index (χ1v) is 8.53. The van der Waals surface area contributed by atoms with Crippen molar-refractivity contribution in [2.24, 2.45) is 0 Å². The van der Waals surface area contributed by atoms with Gasteiger partial charge in [-0.15, -0.1) is 0 Å². The molecule has 1 aromatic heterocycles. The van der Waals surface area contributed by atoms with Gasteiger partial charge in [-0.25, -0.2) is 9.97 Å². The molecular formula is C21H22N4O. The predicted octanol–water partition coefficient (Wildman–Crippen LogP) is 4.27. The highest BCUT2D eigenvalue weighted by atomic mass is 16.1. The Morgan fingerprint density at radius 1 is 0.962 bits per heavy atom. The van der Waals surface area contributed by atoms with Gasteiger partial charge in [0.1, 0.15) is 5.69 Å². The van der Waals surface area contributed by atoms with Crippen molar-refractivity contribution in [1.29, 1.82) is 0 Å². The van der Waals surface area contributed by atoms with Gasteiger partial charge >= 0.3 is 0 Å². The molecule has 1 amide bonds. The molecule has 1 heterocycles. The van der Waals surface area contributed by atoms with Crippen LogP contribution in [0.1, 0.15) is 32.9 Å². The Balaban J connectivity index is 1.75. The van der Waals surface area contributed by atoms with Gasteiger partial charge in [0, 0.05) is 17.9 Å². The molecule has 0 bridgehead atoms. The Bertz CT molecular complexity index is 923. The van der Waals surface area contributed by atoms with Crippen molar-refractivity contribution in [2.75, 3.05) is 10.6 Å². The fraction of sp³-hybridized carbons (Fsp3) is 0.190. The number of nitrogens with zero attached hydrogens (tertiary/aromatic N) is 2. The number of benzene rings is 2. The zero-order valence-corrected chi connectivity index (χ0v) is 15.2. The second kappa shape index (κ2) is 7.78. The summed E-state index contributed by atoms with van der Waals surface area (Å²) in [6.07, 6.45) is 0. The minimum absolute atomic E-state index is 0.245. The summed E-state index contributed by atoms with van der Waals surface area (Å²) in [5.74, 6) is 0.199. The summed E-state index contributed by atoms with van der Waals surface area (Å²) in [5, 5.41) is 6.10. The lowest BCUT2D eigenvalue weighted by Crippen LogP contribution is -2.16. The van der Waals surface area contributed by atoms with Crippen molar-refractivity contribution >= 4 is 17.5 Å². The quantitative estimate of drug-likeness (QED) is 0.724. The van der Waals surface area contributed by atoms with E-state index in [1.54, 1.807) is 6.07 Å². The van der Waals surface area contributed by atoms with E-state index >= 15 is 0 Å². The third-order valence-corrected chi connectivity index (χ3v) is 4.01. The molecule has 0 atom stereocenters. The maximum Gasteiger partial charge on any atom is 0.274 e. The van der Waals surface area contributed by atoms with Crippen molar-refractivity contribution < 1.29 is 4.79 Å². The molecule has 26 heavy (non-hydrogen) atoms. The number of nitrogens with one attached hydrogen (secondary N) is 2. The number of aryl methyl sites for hydroxylation is 3. The van der Waals surface area contributed by atoms with Gasteiger partial charge in [-0.2, -0.15) is 0 Å². The van der Waals surface area contributed by atoms with Crippen LogP contribution in [0.2, 0.25) is 0 Å². The van der Waals surface area contributed by atoms with E-state index in [2.05, 4.69) is 20.6 Å². The Labute approximate surface area is 153 Å². The van der Waals surface area contributed by atoms with Crippen LogP contribution in [0.5, 0.6) is 0 Å². The minimum atomic E-state index is -0.245. The lowest BCUT2D eigenvalue weighted by atomic mass is 10.1. The van der Waals surface area contributed by atoms with Gasteiger partial charge in [-0.1, -0.05) is 48.0 Å². The first kappa shape index (κ1) is 17.6. The normalized spacial score (nSPS) is 10.4. The van der Waals surface area contributed by atoms with E-state index in [-0.39, 0.29) is 5.91 Å².